The van der Waals surface area contributed by atoms with Crippen molar-refractivity contribution in [3.63, 3.8) is 0 Å². The summed E-state index contributed by atoms with van der Waals surface area (Å²) in [5.74, 6) is -0.854. The molecule has 0 aliphatic rings. The van der Waals surface area contributed by atoms with E-state index in [9.17, 15) is 9.59 Å². The fourth-order valence-corrected chi connectivity index (χ4v) is 2.74. The van der Waals surface area contributed by atoms with E-state index in [1.165, 1.54) is 19.2 Å². The van der Waals surface area contributed by atoms with Crippen molar-refractivity contribution in [3.05, 3.63) is 59.7 Å². The number of carbonyl (C=O) groups excluding carboxylic acids is 2. The lowest BCUT2D eigenvalue weighted by molar-refractivity contribution is 0.0597. The summed E-state index contributed by atoms with van der Waals surface area (Å²) in [7, 11) is 1.25. The summed E-state index contributed by atoms with van der Waals surface area (Å²) < 4.78 is 10.2. The summed E-state index contributed by atoms with van der Waals surface area (Å²) in [6.07, 6.45) is 1.97. The topological polar surface area (TPSA) is 94.3 Å². The zero-order chi connectivity index (χ0) is 18.5. The summed E-state index contributed by atoms with van der Waals surface area (Å²) in [5.41, 5.74) is 1.06. The second kappa shape index (κ2) is 7.83. The lowest BCUT2D eigenvalue weighted by atomic mass is 10.1. The summed E-state index contributed by atoms with van der Waals surface area (Å²) in [6, 6.07) is 13.9. The van der Waals surface area contributed by atoms with E-state index in [4.69, 9.17) is 4.42 Å². The van der Waals surface area contributed by atoms with Gasteiger partial charge in [0.15, 0.2) is 0 Å². The van der Waals surface area contributed by atoms with Gasteiger partial charge in [-0.15, -0.1) is 16.9 Å². The Morgan fingerprint density at radius 1 is 1.08 bits per heavy atom. The number of nitrogens with zero attached hydrogens (tertiary/aromatic N) is 2. The first-order valence-corrected chi connectivity index (χ1v) is 8.81. The SMILES string of the molecule is COC(=O)c1ccccc1C(=O)Nc1nnc(-c2cccc(SC)c2)o1. The highest BCUT2D eigenvalue weighted by molar-refractivity contribution is 7.98. The number of ether oxygens (including phenoxy) is 1. The van der Waals surface area contributed by atoms with Crippen molar-refractivity contribution in [2.24, 2.45) is 0 Å². The highest BCUT2D eigenvalue weighted by Gasteiger charge is 2.19. The average molecular weight is 369 g/mol. The molecule has 0 saturated carbocycles. The van der Waals surface area contributed by atoms with Gasteiger partial charge in [-0.05, 0) is 36.6 Å². The number of anilines is 1. The molecule has 2 aromatic carbocycles. The molecular formula is C18H15N3O4S. The standard InChI is InChI=1S/C18H15N3O4S/c1-24-17(23)14-9-4-3-8-13(14)15(22)19-18-21-20-16(25-18)11-6-5-7-12(10-11)26-2/h3-10H,1-2H3,(H,19,21,22). The number of carbonyl (C=O) groups is 2. The van der Waals surface area contributed by atoms with Gasteiger partial charge in [-0.1, -0.05) is 23.3 Å². The van der Waals surface area contributed by atoms with Crippen LogP contribution < -0.4 is 5.32 Å². The van der Waals surface area contributed by atoms with Crippen LogP contribution in [0.2, 0.25) is 0 Å². The molecule has 3 rings (SSSR count). The zero-order valence-electron chi connectivity index (χ0n) is 14.1. The second-order valence-electron chi connectivity index (χ2n) is 5.14. The van der Waals surface area contributed by atoms with Crippen LogP contribution in [0.4, 0.5) is 6.01 Å². The van der Waals surface area contributed by atoms with Crippen LogP contribution in [0, 0.1) is 0 Å². The Morgan fingerprint density at radius 2 is 1.85 bits per heavy atom. The second-order valence-corrected chi connectivity index (χ2v) is 6.02. The molecule has 0 atom stereocenters. The Bertz CT molecular complexity index is 955. The molecule has 132 valence electrons. The number of amides is 1. The van der Waals surface area contributed by atoms with Crippen LogP contribution in [0.3, 0.4) is 0 Å². The van der Waals surface area contributed by atoms with Crippen molar-refractivity contribution in [2.75, 3.05) is 18.7 Å². The quantitative estimate of drug-likeness (QED) is 0.543. The predicted octanol–water partition coefficient (Wildman–Crippen LogP) is 3.50. The Kier molecular flexibility index (Phi) is 5.33. The first kappa shape index (κ1) is 17.7. The molecular weight excluding hydrogens is 354 g/mol. The number of methoxy groups -OCH3 is 1. The lowest BCUT2D eigenvalue weighted by Gasteiger charge is -2.06. The monoisotopic (exact) mass is 369 g/mol. The van der Waals surface area contributed by atoms with E-state index in [1.54, 1.807) is 23.9 Å². The molecule has 1 N–H and O–H groups in total. The molecule has 1 heterocycles. The molecule has 1 amide bonds. The van der Waals surface area contributed by atoms with Crippen molar-refractivity contribution in [1.82, 2.24) is 10.2 Å². The van der Waals surface area contributed by atoms with Gasteiger partial charge in [0, 0.05) is 10.5 Å². The number of thioether (sulfide) groups is 1. The fourth-order valence-electron chi connectivity index (χ4n) is 2.28. The normalized spacial score (nSPS) is 10.4. The third-order valence-electron chi connectivity index (χ3n) is 3.54. The number of nitrogens with one attached hydrogen (secondary N) is 1. The third-order valence-corrected chi connectivity index (χ3v) is 4.26. The maximum absolute atomic E-state index is 12.5. The first-order chi connectivity index (χ1) is 12.6. The van der Waals surface area contributed by atoms with Crippen LogP contribution in [-0.2, 0) is 4.74 Å². The predicted molar refractivity (Wildman–Crippen MR) is 97.2 cm³/mol. The molecule has 0 bridgehead atoms. The van der Waals surface area contributed by atoms with Gasteiger partial charge >= 0.3 is 12.0 Å². The van der Waals surface area contributed by atoms with E-state index in [2.05, 4.69) is 20.3 Å². The number of hydrogen-bond acceptors (Lipinski definition) is 7. The molecule has 0 fully saturated rings. The minimum Gasteiger partial charge on any atom is -0.465 e. The highest BCUT2D eigenvalue weighted by atomic mass is 32.2. The molecule has 7 nitrogen and oxygen atoms in total. The van der Waals surface area contributed by atoms with E-state index in [-0.39, 0.29) is 23.0 Å². The maximum atomic E-state index is 12.5. The molecule has 26 heavy (non-hydrogen) atoms. The van der Waals surface area contributed by atoms with Crippen LogP contribution in [0.15, 0.2) is 57.8 Å². The summed E-state index contributed by atoms with van der Waals surface area (Å²) in [4.78, 5) is 25.3. The smallest absolute Gasteiger partial charge is 0.338 e. The Hall–Kier alpha value is -3.13. The summed E-state index contributed by atoms with van der Waals surface area (Å²) >= 11 is 1.60. The minimum absolute atomic E-state index is 0.0563. The van der Waals surface area contributed by atoms with Gasteiger partial charge < -0.3 is 9.15 Å². The van der Waals surface area contributed by atoms with Crippen LogP contribution >= 0.6 is 11.8 Å². The van der Waals surface area contributed by atoms with Gasteiger partial charge in [-0.25, -0.2) is 4.79 Å². The van der Waals surface area contributed by atoms with Crippen molar-refractivity contribution >= 4 is 29.7 Å². The summed E-state index contributed by atoms with van der Waals surface area (Å²) in [5, 5.41) is 10.3. The number of esters is 1. The Morgan fingerprint density at radius 3 is 2.58 bits per heavy atom. The molecule has 0 aliphatic carbocycles. The molecule has 1 aromatic heterocycles. The molecule has 0 radical (unpaired) electrons. The van der Waals surface area contributed by atoms with Crippen LogP contribution in [0.25, 0.3) is 11.5 Å². The fraction of sp³-hybridized carbons (Fsp3) is 0.111. The van der Waals surface area contributed by atoms with Gasteiger partial charge in [0.25, 0.3) is 5.91 Å². The van der Waals surface area contributed by atoms with Gasteiger partial charge in [0.05, 0.1) is 18.2 Å². The van der Waals surface area contributed by atoms with Gasteiger partial charge in [-0.2, -0.15) is 0 Å². The highest BCUT2D eigenvalue weighted by Crippen LogP contribution is 2.24. The largest absolute Gasteiger partial charge is 0.465 e. The molecule has 8 heteroatoms. The number of benzene rings is 2. The lowest BCUT2D eigenvalue weighted by Crippen LogP contribution is -2.17. The molecule has 0 aliphatic heterocycles. The van der Waals surface area contributed by atoms with Crippen LogP contribution in [0.1, 0.15) is 20.7 Å². The summed E-state index contributed by atoms with van der Waals surface area (Å²) in [6.45, 7) is 0. The molecule has 0 spiro atoms. The van der Waals surface area contributed by atoms with Crippen molar-refractivity contribution in [1.29, 1.82) is 0 Å². The van der Waals surface area contributed by atoms with E-state index in [0.29, 0.717) is 0 Å². The van der Waals surface area contributed by atoms with E-state index in [1.807, 2.05) is 30.5 Å². The zero-order valence-corrected chi connectivity index (χ0v) is 14.9. The Balaban J connectivity index is 1.81. The van der Waals surface area contributed by atoms with Crippen molar-refractivity contribution in [3.8, 4) is 11.5 Å². The number of rotatable bonds is 5. The molecule has 0 saturated heterocycles. The number of aromatic nitrogens is 2. The van der Waals surface area contributed by atoms with Crippen LogP contribution in [-0.4, -0.2) is 35.4 Å². The van der Waals surface area contributed by atoms with Crippen LogP contribution in [0.5, 0.6) is 0 Å². The third kappa shape index (κ3) is 3.75. The Labute approximate surface area is 153 Å². The van der Waals surface area contributed by atoms with Crippen molar-refractivity contribution in [2.45, 2.75) is 4.90 Å². The average Bonchev–Trinajstić information content (AvgIpc) is 3.15. The van der Waals surface area contributed by atoms with E-state index in [0.717, 1.165) is 10.5 Å². The minimum atomic E-state index is -0.601. The van der Waals surface area contributed by atoms with E-state index >= 15 is 0 Å². The molecule has 0 unspecified atom stereocenters. The van der Waals surface area contributed by atoms with Gasteiger partial charge in [-0.3, -0.25) is 10.1 Å². The first-order valence-electron chi connectivity index (χ1n) is 7.59. The molecule has 3 aromatic rings. The number of hydrogen-bond donors (Lipinski definition) is 1. The maximum Gasteiger partial charge on any atom is 0.338 e. The van der Waals surface area contributed by atoms with Gasteiger partial charge in [0.2, 0.25) is 5.89 Å². The van der Waals surface area contributed by atoms with Gasteiger partial charge in [0.1, 0.15) is 0 Å². The van der Waals surface area contributed by atoms with Crippen molar-refractivity contribution < 1.29 is 18.7 Å². The van der Waals surface area contributed by atoms with E-state index < -0.39 is 11.9 Å².